The van der Waals surface area contributed by atoms with Crippen LogP contribution in [-0.4, -0.2) is 36.2 Å². The fourth-order valence-electron chi connectivity index (χ4n) is 1.26. The number of nitrogens with one attached hydrogen (secondary N) is 1. The topological polar surface area (TPSA) is 75.6 Å². The van der Waals surface area contributed by atoms with Gasteiger partial charge in [0.25, 0.3) is 0 Å². The Bertz CT molecular complexity index is 250. The minimum atomic E-state index is -1.12. The largest absolute Gasteiger partial charge is 0.481 e. The highest BCUT2D eigenvalue weighted by Crippen LogP contribution is 2.19. The van der Waals surface area contributed by atoms with Crippen LogP contribution in [0.3, 0.4) is 0 Å². The highest BCUT2D eigenvalue weighted by molar-refractivity contribution is 5.94. The zero-order valence-electron chi connectivity index (χ0n) is 9.57. The zero-order valence-corrected chi connectivity index (χ0v) is 9.57. The number of carboxylic acids is 1. The fraction of sp³-hybridized carbons (Fsp3) is 0.818. The van der Waals surface area contributed by atoms with E-state index in [4.69, 9.17) is 9.84 Å². The third-order valence-corrected chi connectivity index (χ3v) is 2.51. The van der Waals surface area contributed by atoms with Crippen molar-refractivity contribution >= 4 is 11.9 Å². The maximum Gasteiger partial charge on any atom is 0.321 e. The minimum absolute atomic E-state index is 0.172. The first-order valence-electron chi connectivity index (χ1n) is 5.78. The van der Waals surface area contributed by atoms with Crippen molar-refractivity contribution in [1.29, 1.82) is 0 Å². The Morgan fingerprint density at radius 2 is 2.19 bits per heavy atom. The third kappa shape index (κ3) is 4.61. The molecule has 0 aromatic rings. The van der Waals surface area contributed by atoms with Crippen molar-refractivity contribution < 1.29 is 19.4 Å². The molecular weight excluding hydrogens is 210 g/mol. The van der Waals surface area contributed by atoms with Gasteiger partial charge in [0.05, 0.1) is 6.61 Å². The Kier molecular flexibility index (Phi) is 5.25. The van der Waals surface area contributed by atoms with E-state index >= 15 is 0 Å². The van der Waals surface area contributed by atoms with E-state index in [2.05, 4.69) is 5.32 Å². The summed E-state index contributed by atoms with van der Waals surface area (Å²) in [6.45, 7) is 2.46. The van der Waals surface area contributed by atoms with E-state index in [9.17, 15) is 9.59 Å². The predicted molar refractivity (Wildman–Crippen MR) is 58.0 cm³/mol. The van der Waals surface area contributed by atoms with Gasteiger partial charge in [0.15, 0.2) is 5.92 Å². The molecule has 2 N–H and O–H groups in total. The lowest BCUT2D eigenvalue weighted by Crippen LogP contribution is -2.36. The van der Waals surface area contributed by atoms with Crippen molar-refractivity contribution in [3.63, 3.8) is 0 Å². The summed E-state index contributed by atoms with van der Waals surface area (Å²) in [5.41, 5.74) is 0. The van der Waals surface area contributed by atoms with Gasteiger partial charge in [-0.15, -0.1) is 0 Å². The van der Waals surface area contributed by atoms with Crippen molar-refractivity contribution in [3.05, 3.63) is 0 Å². The smallest absolute Gasteiger partial charge is 0.321 e. The molecule has 0 aromatic carbocycles. The number of rotatable bonds is 8. The van der Waals surface area contributed by atoms with Gasteiger partial charge in [-0.2, -0.15) is 0 Å². The van der Waals surface area contributed by atoms with Gasteiger partial charge in [-0.3, -0.25) is 9.59 Å². The first kappa shape index (κ1) is 13.0. The highest BCUT2D eigenvalue weighted by atomic mass is 16.5. The molecule has 0 radical (unpaired) electrons. The monoisotopic (exact) mass is 229 g/mol. The van der Waals surface area contributed by atoms with Gasteiger partial charge >= 0.3 is 11.9 Å². The van der Waals surface area contributed by atoms with E-state index in [1.807, 2.05) is 6.92 Å². The molecule has 0 bridgehead atoms. The van der Waals surface area contributed by atoms with Gasteiger partial charge in [0.1, 0.15) is 0 Å². The van der Waals surface area contributed by atoms with Gasteiger partial charge in [0.2, 0.25) is 0 Å². The molecule has 1 saturated carbocycles. The van der Waals surface area contributed by atoms with E-state index in [0.29, 0.717) is 12.6 Å². The molecule has 5 heteroatoms. The third-order valence-electron chi connectivity index (χ3n) is 2.51. The Balaban J connectivity index is 2.28. The molecule has 1 rings (SSSR count). The molecule has 0 amide bonds. The maximum atomic E-state index is 11.4. The van der Waals surface area contributed by atoms with Crippen LogP contribution in [0, 0.1) is 5.92 Å². The summed E-state index contributed by atoms with van der Waals surface area (Å²) < 4.78 is 4.90. The Hall–Kier alpha value is -1.10. The Labute approximate surface area is 95.2 Å². The van der Waals surface area contributed by atoms with Gasteiger partial charge in [0, 0.05) is 12.6 Å². The van der Waals surface area contributed by atoms with E-state index in [1.165, 1.54) is 0 Å². The Morgan fingerprint density at radius 1 is 1.50 bits per heavy atom. The van der Waals surface area contributed by atoms with Crippen LogP contribution in [0.25, 0.3) is 0 Å². The van der Waals surface area contributed by atoms with Crippen molar-refractivity contribution in [2.75, 3.05) is 13.2 Å². The first-order valence-corrected chi connectivity index (χ1v) is 5.78. The summed E-state index contributed by atoms with van der Waals surface area (Å²) in [4.78, 5) is 22.3. The molecule has 1 atom stereocenters. The fourth-order valence-corrected chi connectivity index (χ4v) is 1.26. The summed E-state index contributed by atoms with van der Waals surface area (Å²) >= 11 is 0. The second kappa shape index (κ2) is 6.48. The van der Waals surface area contributed by atoms with Crippen LogP contribution in [0.1, 0.15) is 32.6 Å². The van der Waals surface area contributed by atoms with Crippen molar-refractivity contribution in [2.45, 2.75) is 38.6 Å². The summed E-state index contributed by atoms with van der Waals surface area (Å²) in [5.74, 6) is -2.82. The lowest BCUT2D eigenvalue weighted by atomic mass is 10.1. The molecule has 0 aliphatic heterocycles. The molecule has 1 aliphatic rings. The number of hydrogen-bond donors (Lipinski definition) is 2. The lowest BCUT2D eigenvalue weighted by molar-refractivity contribution is -0.158. The number of unbranched alkanes of at least 4 members (excludes halogenated alkanes) is 1. The number of hydrogen-bond acceptors (Lipinski definition) is 4. The van der Waals surface area contributed by atoms with E-state index < -0.39 is 17.9 Å². The van der Waals surface area contributed by atoms with Crippen LogP contribution >= 0.6 is 0 Å². The van der Waals surface area contributed by atoms with Gasteiger partial charge in [-0.25, -0.2) is 0 Å². The van der Waals surface area contributed by atoms with Gasteiger partial charge in [-0.1, -0.05) is 13.3 Å². The first-order chi connectivity index (χ1) is 7.65. The summed E-state index contributed by atoms with van der Waals surface area (Å²) in [5, 5.41) is 11.9. The van der Waals surface area contributed by atoms with Crippen LogP contribution in [0.15, 0.2) is 0 Å². The van der Waals surface area contributed by atoms with E-state index in [1.54, 1.807) is 0 Å². The normalized spacial score (nSPS) is 16.8. The molecule has 1 fully saturated rings. The molecule has 0 aromatic heterocycles. The molecular formula is C11H19NO4. The van der Waals surface area contributed by atoms with E-state index in [-0.39, 0.29) is 6.54 Å². The number of carboxylic acid groups (broad SMARTS) is 1. The molecule has 92 valence electrons. The zero-order chi connectivity index (χ0) is 12.0. The molecule has 1 unspecified atom stereocenters. The number of esters is 1. The van der Waals surface area contributed by atoms with Crippen LogP contribution in [0.4, 0.5) is 0 Å². The van der Waals surface area contributed by atoms with Gasteiger partial charge < -0.3 is 15.2 Å². The molecule has 1 aliphatic carbocycles. The average molecular weight is 229 g/mol. The second-order valence-electron chi connectivity index (χ2n) is 4.09. The van der Waals surface area contributed by atoms with Crippen LogP contribution < -0.4 is 5.32 Å². The SMILES string of the molecule is CCCCOC(=O)C(CNC1CC1)C(=O)O. The lowest BCUT2D eigenvalue weighted by Gasteiger charge is -2.12. The molecule has 5 nitrogen and oxygen atoms in total. The Morgan fingerprint density at radius 3 is 2.69 bits per heavy atom. The molecule has 0 saturated heterocycles. The molecule has 0 spiro atoms. The summed E-state index contributed by atoms with van der Waals surface area (Å²) in [6, 6.07) is 0.394. The summed E-state index contributed by atoms with van der Waals surface area (Å²) in [7, 11) is 0. The van der Waals surface area contributed by atoms with Crippen molar-refractivity contribution in [3.8, 4) is 0 Å². The molecule has 16 heavy (non-hydrogen) atoms. The van der Waals surface area contributed by atoms with E-state index in [0.717, 1.165) is 25.7 Å². The van der Waals surface area contributed by atoms with Crippen LogP contribution in [0.2, 0.25) is 0 Å². The number of aliphatic carboxylic acids is 1. The van der Waals surface area contributed by atoms with Crippen molar-refractivity contribution in [2.24, 2.45) is 5.92 Å². The number of ether oxygens (including phenoxy) is 1. The van der Waals surface area contributed by atoms with Crippen molar-refractivity contribution in [1.82, 2.24) is 5.32 Å². The van der Waals surface area contributed by atoms with Crippen LogP contribution in [0.5, 0.6) is 0 Å². The highest BCUT2D eigenvalue weighted by Gasteiger charge is 2.30. The quantitative estimate of drug-likeness (QED) is 0.365. The maximum absolute atomic E-state index is 11.4. The minimum Gasteiger partial charge on any atom is -0.481 e. The second-order valence-corrected chi connectivity index (χ2v) is 4.09. The molecule has 0 heterocycles. The standard InChI is InChI=1S/C11H19NO4/c1-2-3-6-16-11(15)9(10(13)14)7-12-8-4-5-8/h8-9,12H,2-7H2,1H3,(H,13,14). The average Bonchev–Trinajstić information content (AvgIpc) is 3.02. The number of carbonyl (C=O) groups is 2. The van der Waals surface area contributed by atoms with Crippen LogP contribution in [-0.2, 0) is 14.3 Å². The number of carbonyl (C=O) groups excluding carboxylic acids is 1. The van der Waals surface area contributed by atoms with Gasteiger partial charge in [-0.05, 0) is 19.3 Å². The predicted octanol–water partition coefficient (Wildman–Crippen LogP) is 0.782. The summed E-state index contributed by atoms with van der Waals surface area (Å²) in [6.07, 6.45) is 3.83.